The van der Waals surface area contributed by atoms with Crippen molar-refractivity contribution >= 4 is 23.2 Å². The van der Waals surface area contributed by atoms with E-state index in [1.54, 1.807) is 25.3 Å². The Balaban J connectivity index is 2.18. The molecule has 0 spiro atoms. The van der Waals surface area contributed by atoms with Crippen molar-refractivity contribution in [3.8, 4) is 0 Å². The van der Waals surface area contributed by atoms with Gasteiger partial charge in [0.2, 0.25) is 0 Å². The Bertz CT molecular complexity index is 377. The zero-order valence-electron chi connectivity index (χ0n) is 8.99. The maximum absolute atomic E-state index is 10.2. The zero-order valence-corrected chi connectivity index (χ0v) is 10.5. The number of benzene rings is 1. The van der Waals surface area contributed by atoms with Crippen molar-refractivity contribution in [3.05, 3.63) is 33.8 Å². The molecule has 88 valence electrons. The topological polar surface area (TPSA) is 29.5 Å². The Morgan fingerprint density at radius 3 is 2.50 bits per heavy atom. The van der Waals surface area contributed by atoms with Crippen LogP contribution < -0.4 is 0 Å². The minimum Gasteiger partial charge on any atom is -0.386 e. The molecule has 0 aliphatic heterocycles. The summed E-state index contributed by atoms with van der Waals surface area (Å²) in [5.41, 5.74) is 0.758. The second-order valence-electron chi connectivity index (χ2n) is 4.16. The number of aliphatic hydroxyl groups excluding tert-OH is 1. The smallest absolute Gasteiger partial charge is 0.105 e. The maximum Gasteiger partial charge on any atom is 0.105 e. The van der Waals surface area contributed by atoms with Crippen molar-refractivity contribution in [2.24, 2.45) is 5.92 Å². The Kier molecular flexibility index (Phi) is 3.75. The van der Waals surface area contributed by atoms with Gasteiger partial charge in [0.25, 0.3) is 0 Å². The molecule has 0 radical (unpaired) electrons. The monoisotopic (exact) mass is 260 g/mol. The number of aliphatic hydroxyl groups is 1. The first-order chi connectivity index (χ1) is 7.63. The third-order valence-electron chi connectivity index (χ3n) is 2.96. The molecule has 1 saturated carbocycles. The molecule has 2 atom stereocenters. The molecular weight excluding hydrogens is 247 g/mol. The third-order valence-corrected chi connectivity index (χ3v) is 3.69. The summed E-state index contributed by atoms with van der Waals surface area (Å²) >= 11 is 11.7. The van der Waals surface area contributed by atoms with Gasteiger partial charge in [-0.3, -0.25) is 0 Å². The van der Waals surface area contributed by atoms with Crippen LogP contribution in [-0.2, 0) is 4.74 Å². The molecule has 4 heteroatoms. The van der Waals surface area contributed by atoms with E-state index in [0.717, 1.165) is 18.4 Å². The highest BCUT2D eigenvalue weighted by Gasteiger charge is 2.36. The highest BCUT2D eigenvalue weighted by atomic mass is 35.5. The van der Waals surface area contributed by atoms with Crippen molar-refractivity contribution in [1.29, 1.82) is 0 Å². The van der Waals surface area contributed by atoms with Crippen LogP contribution in [0.25, 0.3) is 0 Å². The van der Waals surface area contributed by atoms with Gasteiger partial charge in [-0.1, -0.05) is 29.3 Å². The van der Waals surface area contributed by atoms with Gasteiger partial charge in [0.15, 0.2) is 0 Å². The molecule has 1 aromatic carbocycles. The first kappa shape index (κ1) is 12.2. The number of ether oxygens (including phenoxy) is 1. The number of methoxy groups -OCH3 is 1. The SMILES string of the molecule is COC(C1CC1)C(O)c1ccc(Cl)c(Cl)c1. The van der Waals surface area contributed by atoms with Crippen molar-refractivity contribution in [2.75, 3.05) is 7.11 Å². The highest BCUT2D eigenvalue weighted by Crippen LogP contribution is 2.40. The summed E-state index contributed by atoms with van der Waals surface area (Å²) < 4.78 is 5.33. The average Bonchev–Trinajstić information content (AvgIpc) is 3.07. The summed E-state index contributed by atoms with van der Waals surface area (Å²) in [7, 11) is 1.63. The van der Waals surface area contributed by atoms with Crippen molar-refractivity contribution < 1.29 is 9.84 Å². The van der Waals surface area contributed by atoms with Gasteiger partial charge in [0, 0.05) is 7.11 Å². The standard InChI is InChI=1S/C12H14Cl2O2/c1-16-12(7-2-3-7)11(15)8-4-5-9(13)10(14)6-8/h4-7,11-12,15H,2-3H2,1H3. The van der Waals surface area contributed by atoms with Crippen LogP contribution >= 0.6 is 23.2 Å². The first-order valence-corrected chi connectivity index (χ1v) is 6.05. The van der Waals surface area contributed by atoms with Crippen molar-refractivity contribution in [3.63, 3.8) is 0 Å². The molecule has 1 N–H and O–H groups in total. The van der Waals surface area contributed by atoms with E-state index in [-0.39, 0.29) is 6.10 Å². The van der Waals surface area contributed by atoms with Crippen LogP contribution in [0.4, 0.5) is 0 Å². The quantitative estimate of drug-likeness (QED) is 0.899. The fourth-order valence-electron chi connectivity index (χ4n) is 1.89. The lowest BCUT2D eigenvalue weighted by molar-refractivity contribution is -0.0259. The van der Waals surface area contributed by atoms with E-state index in [0.29, 0.717) is 16.0 Å². The van der Waals surface area contributed by atoms with E-state index < -0.39 is 6.10 Å². The van der Waals surface area contributed by atoms with Crippen LogP contribution in [0.3, 0.4) is 0 Å². The van der Waals surface area contributed by atoms with Gasteiger partial charge >= 0.3 is 0 Å². The van der Waals surface area contributed by atoms with Crippen LogP contribution in [0, 0.1) is 5.92 Å². The Morgan fingerprint density at radius 2 is 2.00 bits per heavy atom. The molecule has 2 nitrogen and oxygen atoms in total. The molecule has 2 unspecified atom stereocenters. The van der Waals surface area contributed by atoms with Crippen LogP contribution in [0.15, 0.2) is 18.2 Å². The fourth-order valence-corrected chi connectivity index (χ4v) is 2.20. The maximum atomic E-state index is 10.2. The lowest BCUT2D eigenvalue weighted by Gasteiger charge is -2.21. The molecule has 0 saturated heterocycles. The third kappa shape index (κ3) is 2.51. The molecule has 16 heavy (non-hydrogen) atoms. The molecule has 1 aromatic rings. The number of hydrogen-bond acceptors (Lipinski definition) is 2. The second-order valence-corrected chi connectivity index (χ2v) is 4.97. The van der Waals surface area contributed by atoms with E-state index >= 15 is 0 Å². The number of halogens is 2. The van der Waals surface area contributed by atoms with E-state index in [2.05, 4.69) is 0 Å². The summed E-state index contributed by atoms with van der Waals surface area (Å²) in [6.07, 6.45) is 1.47. The number of rotatable bonds is 4. The zero-order chi connectivity index (χ0) is 11.7. The molecule has 0 aromatic heterocycles. The molecule has 0 amide bonds. The minimum atomic E-state index is -0.632. The largest absolute Gasteiger partial charge is 0.386 e. The van der Waals surface area contributed by atoms with Crippen LogP contribution in [0.1, 0.15) is 24.5 Å². The Hall–Kier alpha value is -0.280. The highest BCUT2D eigenvalue weighted by molar-refractivity contribution is 6.42. The van der Waals surface area contributed by atoms with Crippen LogP contribution in [0.5, 0.6) is 0 Å². The average molecular weight is 261 g/mol. The lowest BCUT2D eigenvalue weighted by Crippen LogP contribution is -2.23. The Labute approximate surface area is 105 Å². The second kappa shape index (κ2) is 4.92. The van der Waals surface area contributed by atoms with Crippen LogP contribution in [0.2, 0.25) is 10.0 Å². The van der Waals surface area contributed by atoms with Gasteiger partial charge in [-0.25, -0.2) is 0 Å². The predicted molar refractivity (Wildman–Crippen MR) is 64.9 cm³/mol. The summed E-state index contributed by atoms with van der Waals surface area (Å²) in [6, 6.07) is 5.18. The van der Waals surface area contributed by atoms with E-state index in [1.165, 1.54) is 0 Å². The van der Waals surface area contributed by atoms with Crippen LogP contribution in [-0.4, -0.2) is 18.3 Å². The molecule has 1 fully saturated rings. The van der Waals surface area contributed by atoms with Gasteiger partial charge in [-0.15, -0.1) is 0 Å². The van der Waals surface area contributed by atoms with E-state index in [9.17, 15) is 5.11 Å². The van der Waals surface area contributed by atoms with Gasteiger partial charge in [-0.05, 0) is 36.5 Å². The van der Waals surface area contributed by atoms with E-state index in [1.807, 2.05) is 0 Å². The lowest BCUT2D eigenvalue weighted by atomic mass is 10.0. The first-order valence-electron chi connectivity index (χ1n) is 5.29. The van der Waals surface area contributed by atoms with Crippen molar-refractivity contribution in [1.82, 2.24) is 0 Å². The fraction of sp³-hybridized carbons (Fsp3) is 0.500. The predicted octanol–water partition coefficient (Wildman–Crippen LogP) is 3.45. The summed E-state index contributed by atoms with van der Waals surface area (Å²) in [4.78, 5) is 0. The summed E-state index contributed by atoms with van der Waals surface area (Å²) in [5.74, 6) is 0.467. The molecule has 1 aliphatic carbocycles. The molecular formula is C12H14Cl2O2. The van der Waals surface area contributed by atoms with Gasteiger partial charge in [0.05, 0.1) is 16.1 Å². The molecule has 0 heterocycles. The van der Waals surface area contributed by atoms with E-state index in [4.69, 9.17) is 27.9 Å². The summed E-state index contributed by atoms with van der Waals surface area (Å²) in [6.45, 7) is 0. The number of hydrogen-bond donors (Lipinski definition) is 1. The minimum absolute atomic E-state index is 0.141. The molecule has 2 rings (SSSR count). The molecule has 0 bridgehead atoms. The van der Waals surface area contributed by atoms with Gasteiger partial charge in [0.1, 0.15) is 6.10 Å². The van der Waals surface area contributed by atoms with Crippen molar-refractivity contribution in [2.45, 2.75) is 25.0 Å². The summed E-state index contributed by atoms with van der Waals surface area (Å²) in [5, 5.41) is 11.1. The normalized spacial score (nSPS) is 19.5. The van der Waals surface area contributed by atoms with Gasteiger partial charge < -0.3 is 9.84 Å². The van der Waals surface area contributed by atoms with Gasteiger partial charge in [-0.2, -0.15) is 0 Å². The Morgan fingerprint density at radius 1 is 1.31 bits per heavy atom. The molecule has 1 aliphatic rings.